The molecule has 1 N–H and O–H groups in total. The first kappa shape index (κ1) is 18.3. The van der Waals surface area contributed by atoms with E-state index in [1.54, 1.807) is 20.7 Å². The lowest BCUT2D eigenvalue weighted by molar-refractivity contribution is -0.134. The van der Waals surface area contributed by atoms with Crippen LogP contribution >= 0.6 is 0 Å². The lowest BCUT2D eigenvalue weighted by atomic mass is 10.1. The predicted octanol–water partition coefficient (Wildman–Crippen LogP) is 1.80. The van der Waals surface area contributed by atoms with E-state index >= 15 is 0 Å². The van der Waals surface area contributed by atoms with Gasteiger partial charge >= 0.3 is 6.03 Å². The van der Waals surface area contributed by atoms with Gasteiger partial charge in [0.2, 0.25) is 5.91 Å². The average molecular weight is 393 g/mol. The van der Waals surface area contributed by atoms with Crippen molar-refractivity contribution in [1.82, 2.24) is 20.0 Å². The van der Waals surface area contributed by atoms with E-state index in [4.69, 9.17) is 0 Å². The summed E-state index contributed by atoms with van der Waals surface area (Å²) in [5.74, 6) is -4.55. The maximum atomic E-state index is 13.4. The molecule has 4 rings (SSSR count). The van der Waals surface area contributed by atoms with Crippen molar-refractivity contribution in [3.05, 3.63) is 47.0 Å². The number of rotatable bonds is 3. The second kappa shape index (κ2) is 6.84. The number of hydrogen-bond acceptors (Lipinski definition) is 3. The predicted molar refractivity (Wildman–Crippen MR) is 93.0 cm³/mol. The van der Waals surface area contributed by atoms with Crippen molar-refractivity contribution in [1.29, 1.82) is 0 Å². The summed E-state index contributed by atoms with van der Waals surface area (Å²) in [6.45, 7) is 3.53. The van der Waals surface area contributed by atoms with Gasteiger partial charge < -0.3 is 10.2 Å². The van der Waals surface area contributed by atoms with E-state index < -0.39 is 17.5 Å². The number of nitrogens with zero attached hydrogens (tertiary/aromatic N) is 4. The number of fused-ring (bicyclic) bond motifs is 1. The molecule has 2 aliphatic heterocycles. The SMILES string of the molecule is C[C@H]1Cn2ncc(N3CCNC3=O)c2CN1C(=O)Cc1cc(F)c(F)c(F)c1. The summed E-state index contributed by atoms with van der Waals surface area (Å²) in [6, 6.07) is 1.24. The molecule has 148 valence electrons. The standard InChI is InChI=1S/C18H18F3N5O2/c1-10-8-26-15(14(7-23-26)24-3-2-22-18(24)28)9-25(10)16(27)6-11-4-12(19)17(21)13(20)5-11/h4-5,7,10H,2-3,6,8-9H2,1H3,(H,22,28)/t10-/m0/s1. The highest BCUT2D eigenvalue weighted by atomic mass is 19.2. The Morgan fingerprint density at radius 3 is 2.64 bits per heavy atom. The quantitative estimate of drug-likeness (QED) is 0.809. The molecule has 1 fully saturated rings. The molecule has 1 aromatic heterocycles. The highest BCUT2D eigenvalue weighted by molar-refractivity contribution is 5.94. The van der Waals surface area contributed by atoms with E-state index in [0.717, 1.165) is 17.8 Å². The number of nitrogens with one attached hydrogen (secondary N) is 1. The van der Waals surface area contributed by atoms with Crippen LogP contribution in [0.25, 0.3) is 0 Å². The van der Waals surface area contributed by atoms with Crippen LogP contribution in [0.15, 0.2) is 18.3 Å². The van der Waals surface area contributed by atoms with Crippen LogP contribution in [-0.4, -0.2) is 45.8 Å². The molecule has 1 aromatic carbocycles. The van der Waals surface area contributed by atoms with E-state index in [2.05, 4.69) is 10.4 Å². The Morgan fingerprint density at radius 1 is 1.29 bits per heavy atom. The van der Waals surface area contributed by atoms with Gasteiger partial charge in [-0.3, -0.25) is 14.4 Å². The Labute approximate surface area is 158 Å². The molecule has 3 heterocycles. The fourth-order valence-corrected chi connectivity index (χ4v) is 3.63. The monoisotopic (exact) mass is 393 g/mol. The van der Waals surface area contributed by atoms with Crippen molar-refractivity contribution in [2.24, 2.45) is 0 Å². The molecule has 2 aliphatic rings. The molecule has 0 saturated carbocycles. The zero-order chi connectivity index (χ0) is 20.0. The Bertz CT molecular complexity index is 938. The Kier molecular flexibility index (Phi) is 4.48. The zero-order valence-electron chi connectivity index (χ0n) is 15.1. The fraction of sp³-hybridized carbons (Fsp3) is 0.389. The number of benzene rings is 1. The molecule has 2 aromatic rings. The maximum Gasteiger partial charge on any atom is 0.322 e. The normalized spacial score (nSPS) is 19.0. The number of amides is 3. The number of aromatic nitrogens is 2. The molecule has 0 spiro atoms. The molecule has 10 heteroatoms. The summed E-state index contributed by atoms with van der Waals surface area (Å²) in [7, 11) is 0. The van der Waals surface area contributed by atoms with E-state index in [1.165, 1.54) is 0 Å². The summed E-state index contributed by atoms with van der Waals surface area (Å²) in [5.41, 5.74) is 1.42. The van der Waals surface area contributed by atoms with E-state index in [-0.39, 0.29) is 36.5 Å². The summed E-state index contributed by atoms with van der Waals surface area (Å²) >= 11 is 0. The number of halogens is 3. The second-order valence-corrected chi connectivity index (χ2v) is 6.96. The highest BCUT2D eigenvalue weighted by Crippen LogP contribution is 2.28. The van der Waals surface area contributed by atoms with E-state index in [9.17, 15) is 22.8 Å². The van der Waals surface area contributed by atoms with Crippen LogP contribution in [0.1, 0.15) is 18.2 Å². The summed E-state index contributed by atoms with van der Waals surface area (Å²) in [5, 5.41) is 7.04. The fourth-order valence-electron chi connectivity index (χ4n) is 3.63. The van der Waals surface area contributed by atoms with Gasteiger partial charge in [-0.05, 0) is 24.6 Å². The molecular formula is C18H18F3N5O2. The molecule has 0 radical (unpaired) electrons. The van der Waals surface area contributed by atoms with Crippen LogP contribution in [0.4, 0.5) is 23.7 Å². The van der Waals surface area contributed by atoms with Gasteiger partial charge in [0.1, 0.15) is 0 Å². The Hall–Kier alpha value is -3.04. The topological polar surface area (TPSA) is 70.5 Å². The van der Waals surface area contributed by atoms with Crippen molar-refractivity contribution < 1.29 is 22.8 Å². The Morgan fingerprint density at radius 2 is 2.00 bits per heavy atom. The van der Waals surface area contributed by atoms with Gasteiger partial charge in [-0.2, -0.15) is 5.10 Å². The minimum absolute atomic E-state index is 0.0619. The van der Waals surface area contributed by atoms with Crippen molar-refractivity contribution in [3.8, 4) is 0 Å². The van der Waals surface area contributed by atoms with Crippen molar-refractivity contribution in [2.75, 3.05) is 18.0 Å². The maximum absolute atomic E-state index is 13.4. The summed E-state index contributed by atoms with van der Waals surface area (Å²) in [4.78, 5) is 27.9. The largest absolute Gasteiger partial charge is 0.336 e. The molecule has 0 aliphatic carbocycles. The lowest BCUT2D eigenvalue weighted by Gasteiger charge is -2.35. The van der Waals surface area contributed by atoms with Crippen molar-refractivity contribution in [3.63, 3.8) is 0 Å². The van der Waals surface area contributed by atoms with Crippen LogP contribution in [0, 0.1) is 17.5 Å². The molecular weight excluding hydrogens is 375 g/mol. The molecule has 28 heavy (non-hydrogen) atoms. The second-order valence-electron chi connectivity index (χ2n) is 6.96. The van der Waals surface area contributed by atoms with Gasteiger partial charge in [-0.25, -0.2) is 18.0 Å². The number of hydrogen-bond donors (Lipinski definition) is 1. The van der Waals surface area contributed by atoms with Crippen LogP contribution in [0.3, 0.4) is 0 Å². The van der Waals surface area contributed by atoms with E-state index in [0.29, 0.717) is 25.3 Å². The summed E-state index contributed by atoms with van der Waals surface area (Å²) in [6.07, 6.45) is 1.35. The smallest absolute Gasteiger partial charge is 0.322 e. The number of anilines is 1. The van der Waals surface area contributed by atoms with Crippen molar-refractivity contribution >= 4 is 17.6 Å². The van der Waals surface area contributed by atoms with Crippen LogP contribution in [-0.2, 0) is 24.3 Å². The van der Waals surface area contributed by atoms with Crippen LogP contribution < -0.4 is 10.2 Å². The van der Waals surface area contributed by atoms with E-state index in [1.807, 2.05) is 6.92 Å². The minimum atomic E-state index is -1.56. The molecule has 0 bridgehead atoms. The van der Waals surface area contributed by atoms with Crippen LogP contribution in [0.5, 0.6) is 0 Å². The third-order valence-electron chi connectivity index (χ3n) is 5.08. The Balaban J connectivity index is 1.56. The van der Waals surface area contributed by atoms with Gasteiger partial charge in [0.25, 0.3) is 0 Å². The number of carbonyl (C=O) groups is 2. The number of urea groups is 1. The summed E-state index contributed by atoms with van der Waals surface area (Å²) < 4.78 is 41.7. The zero-order valence-corrected chi connectivity index (χ0v) is 15.1. The molecule has 0 unspecified atom stereocenters. The van der Waals surface area contributed by atoms with Gasteiger partial charge in [0.15, 0.2) is 17.5 Å². The molecule has 1 atom stereocenters. The third-order valence-corrected chi connectivity index (χ3v) is 5.08. The van der Waals surface area contributed by atoms with Gasteiger partial charge in [-0.15, -0.1) is 0 Å². The average Bonchev–Trinajstić information content (AvgIpc) is 3.24. The first-order valence-electron chi connectivity index (χ1n) is 8.88. The first-order chi connectivity index (χ1) is 13.3. The van der Waals surface area contributed by atoms with Gasteiger partial charge in [-0.1, -0.05) is 0 Å². The number of carbonyl (C=O) groups excluding carboxylic acids is 2. The molecule has 7 nitrogen and oxygen atoms in total. The van der Waals surface area contributed by atoms with Crippen LogP contribution in [0.2, 0.25) is 0 Å². The lowest BCUT2D eigenvalue weighted by Crippen LogP contribution is -2.46. The first-order valence-corrected chi connectivity index (χ1v) is 8.88. The van der Waals surface area contributed by atoms with Gasteiger partial charge in [0.05, 0.1) is 37.1 Å². The van der Waals surface area contributed by atoms with Gasteiger partial charge in [0, 0.05) is 19.1 Å². The van der Waals surface area contributed by atoms with Crippen molar-refractivity contribution in [2.45, 2.75) is 32.5 Å². The highest BCUT2D eigenvalue weighted by Gasteiger charge is 2.33. The molecule has 3 amide bonds. The minimum Gasteiger partial charge on any atom is -0.336 e. The third kappa shape index (κ3) is 3.08. The molecule has 1 saturated heterocycles.